The molecule has 2 atom stereocenters. The molecule has 1 rings (SSSR count). The quantitative estimate of drug-likeness (QED) is 0.867. The molecule has 0 aliphatic carbocycles. The first-order valence-electron chi connectivity index (χ1n) is 7.00. The largest absolute Gasteiger partial charge is 0.338 e. The lowest BCUT2D eigenvalue weighted by molar-refractivity contribution is -0.133. The number of hydrogen-bond donors (Lipinski definition) is 1. The van der Waals surface area contributed by atoms with E-state index >= 15 is 0 Å². The van der Waals surface area contributed by atoms with Gasteiger partial charge in [0.25, 0.3) is 0 Å². The van der Waals surface area contributed by atoms with Crippen LogP contribution in [0.25, 0.3) is 0 Å². The normalized spacial score (nSPS) is 14.5. The van der Waals surface area contributed by atoms with E-state index in [1.165, 1.54) is 6.26 Å². The highest BCUT2D eigenvalue weighted by molar-refractivity contribution is 7.90. The second kappa shape index (κ2) is 7.04. The summed E-state index contributed by atoms with van der Waals surface area (Å²) >= 11 is 0. The SMILES string of the molecule is CCC[C@@H](N)C(=O)N(C)[C@H](C)c1ccc(S(C)(=O)=O)cc1. The Bertz CT molecular complexity index is 581. The lowest BCUT2D eigenvalue weighted by atomic mass is 10.1. The third-order valence-electron chi connectivity index (χ3n) is 3.64. The van der Waals surface area contributed by atoms with Crippen LogP contribution in [0.5, 0.6) is 0 Å². The van der Waals surface area contributed by atoms with Crippen LogP contribution in [0.2, 0.25) is 0 Å². The molecule has 0 bridgehead atoms. The van der Waals surface area contributed by atoms with E-state index in [0.717, 1.165) is 12.0 Å². The van der Waals surface area contributed by atoms with Crippen molar-refractivity contribution >= 4 is 15.7 Å². The molecule has 0 aliphatic rings. The third-order valence-corrected chi connectivity index (χ3v) is 4.76. The average Bonchev–Trinajstić information content (AvgIpc) is 2.44. The molecule has 118 valence electrons. The van der Waals surface area contributed by atoms with E-state index < -0.39 is 15.9 Å². The Labute approximate surface area is 127 Å². The van der Waals surface area contributed by atoms with Crippen LogP contribution in [0.15, 0.2) is 29.2 Å². The zero-order chi connectivity index (χ0) is 16.2. The molecule has 0 heterocycles. The molecule has 0 saturated carbocycles. The van der Waals surface area contributed by atoms with Crippen molar-refractivity contribution in [3.63, 3.8) is 0 Å². The lowest BCUT2D eigenvalue weighted by Gasteiger charge is -2.28. The minimum Gasteiger partial charge on any atom is -0.338 e. The van der Waals surface area contributed by atoms with Gasteiger partial charge in [-0.05, 0) is 31.0 Å². The van der Waals surface area contributed by atoms with Crippen molar-refractivity contribution in [1.82, 2.24) is 4.90 Å². The second-order valence-electron chi connectivity index (χ2n) is 5.36. The number of hydrogen-bond acceptors (Lipinski definition) is 4. The van der Waals surface area contributed by atoms with Crippen LogP contribution >= 0.6 is 0 Å². The Kier molecular flexibility index (Phi) is 5.92. The number of benzene rings is 1. The van der Waals surface area contributed by atoms with Crippen molar-refractivity contribution in [3.8, 4) is 0 Å². The van der Waals surface area contributed by atoms with E-state index in [4.69, 9.17) is 5.73 Å². The maximum absolute atomic E-state index is 12.2. The second-order valence-corrected chi connectivity index (χ2v) is 7.38. The highest BCUT2D eigenvalue weighted by Crippen LogP contribution is 2.21. The Morgan fingerprint density at radius 2 is 1.81 bits per heavy atom. The van der Waals surface area contributed by atoms with Crippen molar-refractivity contribution in [2.45, 2.75) is 43.7 Å². The summed E-state index contributed by atoms with van der Waals surface area (Å²) in [6.07, 6.45) is 2.69. The number of nitrogens with zero attached hydrogens (tertiary/aromatic N) is 1. The first kappa shape index (κ1) is 17.7. The van der Waals surface area contributed by atoms with Crippen LogP contribution in [0.4, 0.5) is 0 Å². The van der Waals surface area contributed by atoms with E-state index in [2.05, 4.69) is 0 Å². The van der Waals surface area contributed by atoms with Crippen LogP contribution in [0, 0.1) is 0 Å². The summed E-state index contributed by atoms with van der Waals surface area (Å²) in [5, 5.41) is 0. The van der Waals surface area contributed by atoms with E-state index in [9.17, 15) is 13.2 Å². The van der Waals surface area contributed by atoms with Gasteiger partial charge in [0.1, 0.15) is 0 Å². The predicted octanol–water partition coefficient (Wildman–Crippen LogP) is 1.74. The first-order chi connectivity index (χ1) is 9.68. The van der Waals surface area contributed by atoms with E-state index in [0.29, 0.717) is 6.42 Å². The van der Waals surface area contributed by atoms with Gasteiger partial charge in [-0.3, -0.25) is 4.79 Å². The summed E-state index contributed by atoms with van der Waals surface area (Å²) in [4.78, 5) is 14.1. The van der Waals surface area contributed by atoms with Crippen molar-refractivity contribution in [3.05, 3.63) is 29.8 Å². The first-order valence-corrected chi connectivity index (χ1v) is 8.90. The van der Waals surface area contributed by atoms with E-state index in [-0.39, 0.29) is 16.8 Å². The van der Waals surface area contributed by atoms with E-state index in [1.54, 1.807) is 36.2 Å². The average molecular weight is 312 g/mol. The summed E-state index contributed by atoms with van der Waals surface area (Å²) in [7, 11) is -1.49. The Morgan fingerprint density at radius 1 is 1.29 bits per heavy atom. The molecule has 0 saturated heterocycles. The summed E-state index contributed by atoms with van der Waals surface area (Å²) in [6.45, 7) is 3.88. The lowest BCUT2D eigenvalue weighted by Crippen LogP contribution is -2.42. The van der Waals surface area contributed by atoms with Crippen LogP contribution in [0.3, 0.4) is 0 Å². The van der Waals surface area contributed by atoms with Gasteiger partial charge in [0.2, 0.25) is 5.91 Å². The highest BCUT2D eigenvalue weighted by Gasteiger charge is 2.22. The van der Waals surface area contributed by atoms with Gasteiger partial charge in [0, 0.05) is 13.3 Å². The molecule has 0 spiro atoms. The van der Waals surface area contributed by atoms with Crippen LogP contribution < -0.4 is 5.73 Å². The topological polar surface area (TPSA) is 80.5 Å². The van der Waals surface area contributed by atoms with Crippen LogP contribution in [0.1, 0.15) is 38.3 Å². The summed E-state index contributed by atoms with van der Waals surface area (Å²) < 4.78 is 22.9. The molecule has 1 aromatic carbocycles. The van der Waals surface area contributed by atoms with Crippen LogP contribution in [-0.2, 0) is 14.6 Å². The smallest absolute Gasteiger partial charge is 0.239 e. The van der Waals surface area contributed by atoms with Crippen molar-refractivity contribution < 1.29 is 13.2 Å². The Hall–Kier alpha value is -1.40. The van der Waals surface area contributed by atoms with E-state index in [1.807, 2.05) is 13.8 Å². The summed E-state index contributed by atoms with van der Waals surface area (Å²) in [5.41, 5.74) is 6.73. The van der Waals surface area contributed by atoms with Gasteiger partial charge < -0.3 is 10.6 Å². The summed E-state index contributed by atoms with van der Waals surface area (Å²) in [6, 6.07) is 5.94. The van der Waals surface area contributed by atoms with Crippen LogP contribution in [-0.4, -0.2) is 38.6 Å². The fourth-order valence-electron chi connectivity index (χ4n) is 2.10. The molecule has 6 heteroatoms. The number of nitrogens with two attached hydrogens (primary N) is 1. The van der Waals surface area contributed by atoms with Gasteiger partial charge in [-0.25, -0.2) is 8.42 Å². The third kappa shape index (κ3) is 4.54. The van der Waals surface area contributed by atoms with Gasteiger partial charge >= 0.3 is 0 Å². The molecule has 2 N–H and O–H groups in total. The number of likely N-dealkylation sites (N-methyl/N-ethyl adjacent to an activating group) is 1. The summed E-state index contributed by atoms with van der Waals surface area (Å²) in [5.74, 6) is -0.100. The maximum Gasteiger partial charge on any atom is 0.239 e. The molecule has 1 amide bonds. The number of amides is 1. The Morgan fingerprint density at radius 3 is 2.24 bits per heavy atom. The van der Waals surface area contributed by atoms with Gasteiger partial charge in [-0.15, -0.1) is 0 Å². The zero-order valence-electron chi connectivity index (χ0n) is 13.0. The standard InChI is InChI=1S/C15H24N2O3S/c1-5-6-14(16)15(18)17(3)11(2)12-7-9-13(10-8-12)21(4,19)20/h7-11,14H,5-6,16H2,1-4H3/t11-,14-/m1/s1. The molecular weight excluding hydrogens is 288 g/mol. The number of carbonyl (C=O) groups excluding carboxylic acids is 1. The van der Waals surface area contributed by atoms with Crippen molar-refractivity contribution in [2.75, 3.05) is 13.3 Å². The predicted molar refractivity (Wildman–Crippen MR) is 83.6 cm³/mol. The molecule has 0 fully saturated rings. The van der Waals surface area contributed by atoms with Crippen molar-refractivity contribution in [2.24, 2.45) is 5.73 Å². The zero-order valence-corrected chi connectivity index (χ0v) is 13.9. The minimum atomic E-state index is -3.20. The minimum absolute atomic E-state index is 0.100. The fraction of sp³-hybridized carbons (Fsp3) is 0.533. The maximum atomic E-state index is 12.2. The highest BCUT2D eigenvalue weighted by atomic mass is 32.2. The molecular formula is C15H24N2O3S. The van der Waals surface area contributed by atoms with Crippen molar-refractivity contribution in [1.29, 1.82) is 0 Å². The molecule has 21 heavy (non-hydrogen) atoms. The van der Waals surface area contributed by atoms with Gasteiger partial charge in [0.05, 0.1) is 17.0 Å². The Balaban J connectivity index is 2.88. The molecule has 0 radical (unpaired) electrons. The number of rotatable bonds is 6. The number of sulfone groups is 1. The van der Waals surface area contributed by atoms with Gasteiger partial charge in [-0.2, -0.15) is 0 Å². The van der Waals surface area contributed by atoms with Gasteiger partial charge in [0.15, 0.2) is 9.84 Å². The molecule has 5 nitrogen and oxygen atoms in total. The molecule has 0 unspecified atom stereocenters. The number of carbonyl (C=O) groups is 1. The molecule has 1 aromatic rings. The molecule has 0 aromatic heterocycles. The van der Waals surface area contributed by atoms with Gasteiger partial charge in [-0.1, -0.05) is 25.5 Å². The monoisotopic (exact) mass is 312 g/mol. The molecule has 0 aliphatic heterocycles. The fourth-order valence-corrected chi connectivity index (χ4v) is 2.73.